The van der Waals surface area contributed by atoms with E-state index in [1.807, 2.05) is 12.1 Å². The molecule has 9 rings (SSSR count). The van der Waals surface area contributed by atoms with Crippen LogP contribution in [0.15, 0.2) is 133 Å². The molecule has 2 aliphatic rings. The predicted octanol–water partition coefficient (Wildman–Crippen LogP) is 7.36. The summed E-state index contributed by atoms with van der Waals surface area (Å²) in [5.41, 5.74) is 14.5. The van der Waals surface area contributed by atoms with Crippen molar-refractivity contribution >= 4 is 34.8 Å². The van der Waals surface area contributed by atoms with Crippen molar-refractivity contribution in [2.24, 2.45) is 0 Å². The molecule has 0 amide bonds. The van der Waals surface area contributed by atoms with Gasteiger partial charge in [-0.15, -0.1) is 0 Å². The third-order valence-corrected chi connectivity index (χ3v) is 9.09. The zero-order valence-electron chi connectivity index (χ0n) is 21.7. The second-order valence-corrected chi connectivity index (χ2v) is 10.8. The monoisotopic (exact) mass is 508 g/mol. The molecular weight excluding hydrogens is 485 g/mol. The van der Waals surface area contributed by atoms with E-state index in [2.05, 4.69) is 126 Å². The molecule has 2 nitrogen and oxygen atoms in total. The molecular formula is C37H23BNO. The fourth-order valence-corrected chi connectivity index (χ4v) is 7.61. The van der Waals surface area contributed by atoms with Gasteiger partial charge < -0.3 is 9.59 Å². The van der Waals surface area contributed by atoms with Crippen molar-refractivity contribution in [2.75, 3.05) is 0 Å². The van der Waals surface area contributed by atoms with Crippen LogP contribution in [0.5, 0.6) is 0 Å². The van der Waals surface area contributed by atoms with Crippen LogP contribution < -0.4 is 5.46 Å². The summed E-state index contributed by atoms with van der Waals surface area (Å²) in [5.74, 6) is 0. The standard InChI is InChI=1S/C37H23BNO/c40-38-23-17-19-24(20-18-23)39-34-16-8-4-11-27(34)28-21-22-33-35(36(28)39)29-12-3-7-15-32(29)37(33)30-13-5-1-9-25(30)26-10-2-6-14-31(26)37/h1-22,40H. The van der Waals surface area contributed by atoms with Gasteiger partial charge in [-0.25, -0.2) is 0 Å². The predicted molar refractivity (Wildman–Crippen MR) is 165 cm³/mol. The molecule has 1 radical (unpaired) electrons. The van der Waals surface area contributed by atoms with E-state index < -0.39 is 0 Å². The van der Waals surface area contributed by atoms with Gasteiger partial charge in [-0.3, -0.25) is 0 Å². The number of rotatable bonds is 2. The maximum Gasteiger partial charge on any atom is 0.326 e. The molecule has 6 aromatic carbocycles. The van der Waals surface area contributed by atoms with Crippen molar-refractivity contribution in [3.8, 4) is 27.9 Å². The summed E-state index contributed by atoms with van der Waals surface area (Å²) < 4.78 is 2.41. The van der Waals surface area contributed by atoms with Crippen molar-refractivity contribution in [1.82, 2.24) is 4.57 Å². The van der Waals surface area contributed by atoms with Gasteiger partial charge in [0.15, 0.2) is 0 Å². The summed E-state index contributed by atoms with van der Waals surface area (Å²) >= 11 is 0. The minimum Gasteiger partial charge on any atom is -0.450 e. The quantitative estimate of drug-likeness (QED) is 0.243. The van der Waals surface area contributed by atoms with E-state index in [0.717, 1.165) is 18.6 Å². The second-order valence-electron chi connectivity index (χ2n) is 10.8. The maximum atomic E-state index is 9.58. The fourth-order valence-electron chi connectivity index (χ4n) is 7.61. The molecule has 0 fully saturated rings. The molecule has 0 unspecified atom stereocenters. The molecule has 2 aliphatic carbocycles. The summed E-state index contributed by atoms with van der Waals surface area (Å²) in [5, 5.41) is 12.1. The Morgan fingerprint density at radius 3 is 1.75 bits per heavy atom. The number of hydrogen-bond acceptors (Lipinski definition) is 1. The normalized spacial score (nSPS) is 13.8. The molecule has 1 spiro atoms. The Morgan fingerprint density at radius 1 is 0.500 bits per heavy atom. The SMILES string of the molecule is O[B]c1ccc(-n2c3ccccc3c3ccc4c(c32)-c2ccccc2C42c3ccccc3-c3ccccc32)cc1. The van der Waals surface area contributed by atoms with Crippen LogP contribution in [-0.4, -0.2) is 17.1 Å². The van der Waals surface area contributed by atoms with E-state index in [-0.39, 0.29) is 5.41 Å². The lowest BCUT2D eigenvalue weighted by molar-refractivity contribution is 0.615. The first kappa shape index (κ1) is 22.0. The van der Waals surface area contributed by atoms with E-state index in [4.69, 9.17) is 0 Å². The Balaban J connectivity index is 1.50. The summed E-state index contributed by atoms with van der Waals surface area (Å²) in [6, 6.07) is 48.4. The van der Waals surface area contributed by atoms with E-state index in [9.17, 15) is 5.02 Å². The molecule has 0 bridgehead atoms. The van der Waals surface area contributed by atoms with E-state index in [1.165, 1.54) is 66.3 Å². The third kappa shape index (κ3) is 2.54. The Kier molecular flexibility index (Phi) is 4.32. The molecule has 0 saturated carbocycles. The number of nitrogens with zero attached hydrogens (tertiary/aromatic N) is 1. The Labute approximate surface area is 233 Å². The number of fused-ring (bicyclic) bond motifs is 14. The molecule has 185 valence electrons. The Hall–Kier alpha value is -4.86. The zero-order chi connectivity index (χ0) is 26.4. The minimum absolute atomic E-state index is 0.371. The third-order valence-electron chi connectivity index (χ3n) is 9.09. The molecule has 7 aromatic rings. The molecule has 0 aliphatic heterocycles. The summed E-state index contributed by atoms with van der Waals surface area (Å²) in [6.07, 6.45) is 0. The number of hydrogen-bond donors (Lipinski definition) is 1. The lowest BCUT2D eigenvalue weighted by Gasteiger charge is -2.30. The number of para-hydroxylation sites is 1. The van der Waals surface area contributed by atoms with Crippen LogP contribution in [0.1, 0.15) is 22.3 Å². The lowest BCUT2D eigenvalue weighted by atomic mass is 9.70. The molecule has 0 saturated heterocycles. The van der Waals surface area contributed by atoms with Gasteiger partial charge in [0.05, 0.1) is 16.4 Å². The van der Waals surface area contributed by atoms with E-state index in [0.29, 0.717) is 0 Å². The first-order valence-electron chi connectivity index (χ1n) is 13.8. The number of aromatic nitrogens is 1. The highest BCUT2D eigenvalue weighted by atomic mass is 16.2. The zero-order valence-corrected chi connectivity index (χ0v) is 21.7. The summed E-state index contributed by atoms with van der Waals surface area (Å²) in [4.78, 5) is 0. The van der Waals surface area contributed by atoms with Crippen molar-refractivity contribution in [1.29, 1.82) is 0 Å². The van der Waals surface area contributed by atoms with Gasteiger partial charge in [-0.2, -0.15) is 0 Å². The van der Waals surface area contributed by atoms with Crippen LogP contribution in [0.25, 0.3) is 49.7 Å². The molecule has 1 N–H and O–H groups in total. The molecule has 1 heterocycles. The lowest BCUT2D eigenvalue weighted by Crippen LogP contribution is -2.25. The van der Waals surface area contributed by atoms with Crippen LogP contribution in [0, 0.1) is 0 Å². The Bertz CT molecular complexity index is 2110. The summed E-state index contributed by atoms with van der Waals surface area (Å²) in [6.45, 7) is 0. The van der Waals surface area contributed by atoms with E-state index in [1.54, 1.807) is 0 Å². The van der Waals surface area contributed by atoms with Crippen molar-refractivity contribution in [3.63, 3.8) is 0 Å². The average molecular weight is 508 g/mol. The van der Waals surface area contributed by atoms with Gasteiger partial charge >= 0.3 is 7.48 Å². The van der Waals surface area contributed by atoms with Gasteiger partial charge in [0, 0.05) is 22.0 Å². The van der Waals surface area contributed by atoms with Crippen LogP contribution in [0.2, 0.25) is 0 Å². The number of benzene rings is 6. The first-order chi connectivity index (χ1) is 19.8. The largest absolute Gasteiger partial charge is 0.450 e. The van der Waals surface area contributed by atoms with Crippen molar-refractivity contribution in [3.05, 3.63) is 156 Å². The average Bonchev–Trinajstić information content (AvgIpc) is 3.63. The van der Waals surface area contributed by atoms with Crippen LogP contribution in [0.3, 0.4) is 0 Å². The molecule has 0 atom stereocenters. The highest BCUT2D eigenvalue weighted by molar-refractivity contribution is 6.45. The van der Waals surface area contributed by atoms with Gasteiger partial charge in [0.2, 0.25) is 0 Å². The van der Waals surface area contributed by atoms with Crippen molar-refractivity contribution in [2.45, 2.75) is 5.41 Å². The van der Waals surface area contributed by atoms with Gasteiger partial charge in [-0.05, 0) is 57.1 Å². The first-order valence-corrected chi connectivity index (χ1v) is 13.8. The fraction of sp³-hybridized carbons (Fsp3) is 0.0270. The summed E-state index contributed by atoms with van der Waals surface area (Å²) in [7, 11) is 1.16. The second kappa shape index (κ2) is 7.85. The van der Waals surface area contributed by atoms with Gasteiger partial charge in [-0.1, -0.05) is 121 Å². The minimum atomic E-state index is -0.371. The Morgan fingerprint density at radius 2 is 1.07 bits per heavy atom. The molecule has 1 aromatic heterocycles. The molecule has 3 heteroatoms. The smallest absolute Gasteiger partial charge is 0.326 e. The molecule has 40 heavy (non-hydrogen) atoms. The topological polar surface area (TPSA) is 25.2 Å². The van der Waals surface area contributed by atoms with Gasteiger partial charge in [0.1, 0.15) is 0 Å². The van der Waals surface area contributed by atoms with Crippen LogP contribution >= 0.6 is 0 Å². The van der Waals surface area contributed by atoms with Crippen molar-refractivity contribution < 1.29 is 5.02 Å². The highest BCUT2D eigenvalue weighted by Gasteiger charge is 2.52. The highest BCUT2D eigenvalue weighted by Crippen LogP contribution is 2.64. The maximum absolute atomic E-state index is 9.58. The van der Waals surface area contributed by atoms with Gasteiger partial charge in [0.25, 0.3) is 0 Å². The van der Waals surface area contributed by atoms with E-state index >= 15 is 0 Å². The van der Waals surface area contributed by atoms with Crippen LogP contribution in [0.4, 0.5) is 0 Å². The van der Waals surface area contributed by atoms with Crippen LogP contribution in [-0.2, 0) is 5.41 Å².